The molecule has 1 aliphatic carbocycles. The van der Waals surface area contributed by atoms with Crippen molar-refractivity contribution in [2.75, 3.05) is 12.4 Å². The van der Waals surface area contributed by atoms with Crippen LogP contribution >= 0.6 is 15.9 Å². The van der Waals surface area contributed by atoms with Crippen molar-refractivity contribution in [1.82, 2.24) is 0 Å². The summed E-state index contributed by atoms with van der Waals surface area (Å²) in [6.07, 6.45) is 3.00. The molecule has 0 saturated carbocycles. The zero-order valence-electron chi connectivity index (χ0n) is 19.1. The van der Waals surface area contributed by atoms with Gasteiger partial charge in [-0.2, -0.15) is 0 Å². The lowest BCUT2D eigenvalue weighted by atomic mass is 9.77. The topological polar surface area (TPSA) is 38.3 Å². The van der Waals surface area contributed by atoms with Crippen LogP contribution in [0.4, 0.5) is 5.69 Å². The van der Waals surface area contributed by atoms with E-state index in [1.165, 1.54) is 27.5 Å². The molecule has 4 aromatic rings. The molecule has 0 spiro atoms. The van der Waals surface area contributed by atoms with E-state index in [0.29, 0.717) is 0 Å². The molecule has 2 atom stereocenters. The molecular weight excluding hydrogens is 486 g/mol. The van der Waals surface area contributed by atoms with Crippen molar-refractivity contribution in [3.05, 3.63) is 111 Å². The Kier molecular flexibility index (Phi) is 5.07. The Morgan fingerprint density at radius 3 is 2.59 bits per heavy atom. The largest absolute Gasteiger partial charge is 0.496 e. The minimum atomic E-state index is -0.275. The van der Waals surface area contributed by atoms with Gasteiger partial charge in [-0.15, -0.1) is 0 Å². The molecule has 0 fully saturated rings. The summed E-state index contributed by atoms with van der Waals surface area (Å²) in [5.41, 5.74) is 7.93. The quantitative estimate of drug-likeness (QED) is 0.311. The predicted octanol–water partition coefficient (Wildman–Crippen LogP) is 7.38. The van der Waals surface area contributed by atoms with Crippen molar-refractivity contribution >= 4 is 44.4 Å². The van der Waals surface area contributed by atoms with Crippen LogP contribution in [0.3, 0.4) is 0 Å². The maximum atomic E-state index is 13.4. The Balaban J connectivity index is 1.52. The normalized spacial score (nSPS) is 18.4. The third-order valence-corrected chi connectivity index (χ3v) is 8.16. The second-order valence-electron chi connectivity index (χ2n) is 9.07. The van der Waals surface area contributed by atoms with E-state index < -0.39 is 0 Å². The highest BCUT2D eigenvalue weighted by Gasteiger charge is 2.43. The number of hydrogen-bond donors (Lipinski definition) is 1. The molecule has 2 aliphatic rings. The number of ether oxygens (including phenoxy) is 1. The zero-order valence-corrected chi connectivity index (χ0v) is 20.6. The van der Waals surface area contributed by atoms with Gasteiger partial charge in [-0.25, -0.2) is 0 Å². The average Bonchev–Trinajstić information content (AvgIpc) is 3.38. The smallest absolute Gasteiger partial charge is 0.232 e. The molecule has 0 aromatic heterocycles. The van der Waals surface area contributed by atoms with Gasteiger partial charge in [0.05, 0.1) is 13.0 Å². The van der Waals surface area contributed by atoms with Crippen LogP contribution in [0.25, 0.3) is 16.8 Å². The fraction of sp³-hybridized carbons (Fsp3) is 0.167. The molecule has 34 heavy (non-hydrogen) atoms. The third kappa shape index (κ3) is 3.20. The molecule has 1 N–H and O–H groups in total. The van der Waals surface area contributed by atoms with E-state index in [2.05, 4.69) is 88.8 Å². The molecule has 6 rings (SSSR count). The molecule has 2 unspecified atom stereocenters. The van der Waals surface area contributed by atoms with E-state index in [0.717, 1.165) is 39.0 Å². The van der Waals surface area contributed by atoms with Crippen molar-refractivity contribution in [3.63, 3.8) is 0 Å². The molecular formula is C30H24BrNO2. The first-order valence-corrected chi connectivity index (χ1v) is 12.3. The van der Waals surface area contributed by atoms with E-state index >= 15 is 0 Å². The summed E-state index contributed by atoms with van der Waals surface area (Å²) >= 11 is 3.68. The fourth-order valence-corrected chi connectivity index (χ4v) is 6.08. The number of amides is 1. The molecule has 0 radical (unpaired) electrons. The Hall–Kier alpha value is -3.37. The van der Waals surface area contributed by atoms with Gasteiger partial charge >= 0.3 is 0 Å². The fourth-order valence-electron chi connectivity index (χ4n) is 5.73. The van der Waals surface area contributed by atoms with Crippen LogP contribution < -0.4 is 10.1 Å². The van der Waals surface area contributed by atoms with Crippen LogP contribution in [0.5, 0.6) is 5.75 Å². The lowest BCUT2D eigenvalue weighted by Crippen LogP contribution is -2.21. The number of nitrogens with one attached hydrogen (secondary N) is 1. The van der Waals surface area contributed by atoms with E-state index in [1.807, 2.05) is 18.2 Å². The zero-order chi connectivity index (χ0) is 23.4. The summed E-state index contributed by atoms with van der Waals surface area (Å²) < 4.78 is 6.83. The lowest BCUT2D eigenvalue weighted by Gasteiger charge is -2.25. The van der Waals surface area contributed by atoms with Gasteiger partial charge in [0.2, 0.25) is 5.91 Å². The summed E-state index contributed by atoms with van der Waals surface area (Å²) in [5, 5.41) is 5.53. The molecule has 0 bridgehead atoms. The average molecular weight is 510 g/mol. The highest BCUT2D eigenvalue weighted by molar-refractivity contribution is 9.10. The molecule has 1 heterocycles. The van der Waals surface area contributed by atoms with Crippen molar-refractivity contribution < 1.29 is 9.53 Å². The van der Waals surface area contributed by atoms with Gasteiger partial charge in [-0.1, -0.05) is 82.2 Å². The van der Waals surface area contributed by atoms with E-state index in [1.54, 1.807) is 7.11 Å². The van der Waals surface area contributed by atoms with Crippen LogP contribution in [0.2, 0.25) is 0 Å². The summed E-state index contributed by atoms with van der Waals surface area (Å²) in [6, 6.07) is 25.1. The second-order valence-corrected chi connectivity index (χ2v) is 9.93. The number of carbonyl (C=O) groups excluding carboxylic acids is 1. The van der Waals surface area contributed by atoms with Gasteiger partial charge in [-0.05, 0) is 64.6 Å². The number of rotatable bonds is 4. The Labute approximate surface area is 207 Å². The molecule has 168 valence electrons. The maximum absolute atomic E-state index is 13.4. The highest BCUT2D eigenvalue weighted by Crippen LogP contribution is 2.52. The minimum absolute atomic E-state index is 0.0332. The lowest BCUT2D eigenvalue weighted by molar-refractivity contribution is -0.117. The molecule has 1 aliphatic heterocycles. The van der Waals surface area contributed by atoms with Crippen LogP contribution in [0.1, 0.15) is 39.7 Å². The summed E-state index contributed by atoms with van der Waals surface area (Å²) in [6.45, 7) is 2.09. The maximum Gasteiger partial charge on any atom is 0.232 e. The Bertz CT molecular complexity index is 1500. The number of hydrogen-bond acceptors (Lipinski definition) is 2. The summed E-state index contributed by atoms with van der Waals surface area (Å²) in [5.74, 6) is 0.635. The third-order valence-electron chi connectivity index (χ3n) is 7.30. The predicted molar refractivity (Wildman–Crippen MR) is 142 cm³/mol. The summed E-state index contributed by atoms with van der Waals surface area (Å²) in [7, 11) is 1.73. The number of fused-ring (bicyclic) bond motifs is 3. The van der Waals surface area contributed by atoms with Crippen molar-refractivity contribution in [2.45, 2.75) is 25.2 Å². The highest BCUT2D eigenvalue weighted by atomic mass is 79.9. The van der Waals surface area contributed by atoms with Gasteiger partial charge in [0, 0.05) is 21.6 Å². The second kappa shape index (κ2) is 8.14. The molecule has 0 saturated heterocycles. The van der Waals surface area contributed by atoms with E-state index in [-0.39, 0.29) is 17.7 Å². The molecule has 1 amide bonds. The van der Waals surface area contributed by atoms with Crippen molar-refractivity contribution in [2.24, 2.45) is 0 Å². The summed E-state index contributed by atoms with van der Waals surface area (Å²) in [4.78, 5) is 13.4. The first-order valence-electron chi connectivity index (χ1n) is 11.5. The van der Waals surface area contributed by atoms with Crippen LogP contribution in [-0.2, 0) is 11.2 Å². The molecule has 4 heteroatoms. The van der Waals surface area contributed by atoms with Gasteiger partial charge in [0.1, 0.15) is 5.75 Å². The molecule has 4 aromatic carbocycles. The van der Waals surface area contributed by atoms with Gasteiger partial charge in [0.15, 0.2) is 0 Å². The number of allylic oxidation sites excluding steroid dienone is 1. The number of methoxy groups -OCH3 is 1. The minimum Gasteiger partial charge on any atom is -0.496 e. The standard InChI is InChI=1S/C30H24BrNO2/c1-17-24(31)12-13-25-27(17)29(30(33)32-25)28-20(15-19-8-4-6-10-22(19)28)16-23-21-9-5-3-7-18(21)11-14-26(23)34-2/h3-15,28-29H,16H2,1-2H3,(H,32,33). The number of benzene rings is 4. The first kappa shape index (κ1) is 21.2. The molecule has 3 nitrogen and oxygen atoms in total. The Morgan fingerprint density at radius 2 is 1.74 bits per heavy atom. The van der Waals surface area contributed by atoms with Gasteiger partial charge in [-0.3, -0.25) is 4.79 Å². The monoisotopic (exact) mass is 509 g/mol. The van der Waals surface area contributed by atoms with Gasteiger partial charge in [0.25, 0.3) is 0 Å². The SMILES string of the molecule is COc1ccc2ccccc2c1CC1=Cc2ccccc2C1C1C(=O)Nc2ccc(Br)c(C)c21. The van der Waals surface area contributed by atoms with Crippen LogP contribution in [0.15, 0.2) is 82.8 Å². The number of halogens is 1. The van der Waals surface area contributed by atoms with Crippen molar-refractivity contribution in [3.8, 4) is 5.75 Å². The van der Waals surface area contributed by atoms with Crippen molar-refractivity contribution in [1.29, 1.82) is 0 Å². The van der Waals surface area contributed by atoms with E-state index in [4.69, 9.17) is 4.74 Å². The van der Waals surface area contributed by atoms with E-state index in [9.17, 15) is 4.79 Å². The Morgan fingerprint density at radius 1 is 0.941 bits per heavy atom. The number of carbonyl (C=O) groups is 1. The van der Waals surface area contributed by atoms with Crippen LogP contribution in [-0.4, -0.2) is 13.0 Å². The number of anilines is 1. The van der Waals surface area contributed by atoms with Crippen LogP contribution in [0, 0.1) is 6.92 Å². The van der Waals surface area contributed by atoms with Gasteiger partial charge < -0.3 is 10.1 Å². The first-order chi connectivity index (χ1) is 16.6.